The van der Waals surface area contributed by atoms with Crippen LogP contribution in [0.25, 0.3) is 0 Å². The van der Waals surface area contributed by atoms with Crippen LogP contribution in [0, 0.1) is 0 Å². The van der Waals surface area contributed by atoms with Gasteiger partial charge in [0.25, 0.3) is 0 Å². The summed E-state index contributed by atoms with van der Waals surface area (Å²) in [7, 11) is 0. The van der Waals surface area contributed by atoms with E-state index >= 15 is 0 Å². The van der Waals surface area contributed by atoms with Crippen LogP contribution >= 0.6 is 15.9 Å². The summed E-state index contributed by atoms with van der Waals surface area (Å²) >= 11 is 3.45. The highest BCUT2D eigenvalue weighted by Gasteiger charge is 2.26. The highest BCUT2D eigenvalue weighted by atomic mass is 79.9. The van der Waals surface area contributed by atoms with Gasteiger partial charge in [0.1, 0.15) is 6.04 Å². The molecule has 0 fully saturated rings. The smallest absolute Gasteiger partial charge is 0.242 e. The number of hydrogen-bond donors (Lipinski definition) is 1. The fourth-order valence-electron chi connectivity index (χ4n) is 3.40. The minimum absolute atomic E-state index is 0.0142. The normalized spacial score (nSPS) is 13.3. The van der Waals surface area contributed by atoms with Gasteiger partial charge in [0.2, 0.25) is 11.8 Å². The van der Waals surface area contributed by atoms with Gasteiger partial charge in [-0.25, -0.2) is 0 Å². The quantitative estimate of drug-likeness (QED) is 0.458. The number of hydrogen-bond acceptors (Lipinski definition) is 2. The molecule has 0 aromatic heterocycles. The van der Waals surface area contributed by atoms with Crippen LogP contribution in [-0.2, 0) is 28.0 Å². The Kier molecular flexibility index (Phi) is 9.50. The molecule has 0 aliphatic carbocycles. The van der Waals surface area contributed by atoms with Crippen molar-refractivity contribution in [1.82, 2.24) is 10.2 Å². The van der Waals surface area contributed by atoms with Crippen molar-refractivity contribution in [3.05, 3.63) is 69.7 Å². The summed E-state index contributed by atoms with van der Waals surface area (Å²) in [6, 6.07) is 15.9. The van der Waals surface area contributed by atoms with Crippen LogP contribution in [0.1, 0.15) is 71.1 Å². The third-order valence-electron chi connectivity index (χ3n) is 5.88. The van der Waals surface area contributed by atoms with Crippen molar-refractivity contribution >= 4 is 27.7 Å². The summed E-state index contributed by atoms with van der Waals surface area (Å²) < 4.78 is 0.986. The number of nitrogens with zero attached hydrogens (tertiary/aromatic N) is 1. The Morgan fingerprint density at radius 1 is 0.969 bits per heavy atom. The van der Waals surface area contributed by atoms with Crippen molar-refractivity contribution in [3.8, 4) is 0 Å². The molecule has 0 heterocycles. The Labute approximate surface area is 201 Å². The number of carbonyl (C=O) groups excluding carboxylic acids is 2. The molecule has 0 saturated heterocycles. The highest BCUT2D eigenvalue weighted by molar-refractivity contribution is 9.10. The van der Waals surface area contributed by atoms with E-state index in [9.17, 15) is 9.59 Å². The second-order valence-electron chi connectivity index (χ2n) is 9.59. The fraction of sp³-hybridized carbons (Fsp3) is 0.481. The number of aryl methyl sites for hydroxylation is 1. The third kappa shape index (κ3) is 7.77. The van der Waals surface area contributed by atoms with Crippen LogP contribution < -0.4 is 5.32 Å². The third-order valence-corrected chi connectivity index (χ3v) is 6.41. The van der Waals surface area contributed by atoms with E-state index in [1.807, 2.05) is 45.0 Å². The maximum Gasteiger partial charge on any atom is 0.242 e. The van der Waals surface area contributed by atoms with Crippen molar-refractivity contribution in [1.29, 1.82) is 0 Å². The summed E-state index contributed by atoms with van der Waals surface area (Å²) in [4.78, 5) is 27.7. The number of benzene rings is 2. The molecule has 0 radical (unpaired) electrons. The van der Waals surface area contributed by atoms with E-state index in [2.05, 4.69) is 66.3 Å². The van der Waals surface area contributed by atoms with E-state index in [0.29, 0.717) is 19.4 Å². The maximum atomic E-state index is 13.3. The van der Waals surface area contributed by atoms with Crippen molar-refractivity contribution < 1.29 is 9.59 Å². The van der Waals surface area contributed by atoms with Crippen LogP contribution in [0.15, 0.2) is 53.0 Å². The molecule has 2 aromatic rings. The second kappa shape index (κ2) is 11.6. The Bertz CT molecular complexity index is 885. The first-order valence-electron chi connectivity index (χ1n) is 11.4. The Balaban J connectivity index is 2.13. The van der Waals surface area contributed by atoms with Crippen molar-refractivity contribution in [2.75, 3.05) is 0 Å². The summed E-state index contributed by atoms with van der Waals surface area (Å²) in [5, 5.41) is 3.01. The first kappa shape index (κ1) is 26.1. The zero-order valence-corrected chi connectivity index (χ0v) is 21.8. The topological polar surface area (TPSA) is 49.4 Å². The minimum atomic E-state index is -0.539. The largest absolute Gasteiger partial charge is 0.352 e. The molecule has 32 heavy (non-hydrogen) atoms. The SMILES string of the molecule is CC[C@H](C)NC(=O)[C@H](C)N(Cc1ccc(Br)cc1)C(=O)CCc1ccc(C(C)(C)C)cc1. The van der Waals surface area contributed by atoms with Crippen LogP contribution in [0.5, 0.6) is 0 Å². The number of halogens is 1. The standard InChI is InChI=1S/C27H37BrN2O2/c1-7-19(2)29-26(32)20(3)30(18-22-10-15-24(28)16-11-22)25(31)17-12-21-8-13-23(14-9-21)27(4,5)6/h8-11,13-16,19-20H,7,12,17-18H2,1-6H3,(H,29,32)/t19-,20-/m0/s1. The number of nitrogens with one attached hydrogen (secondary N) is 1. The zero-order chi connectivity index (χ0) is 23.9. The van der Waals surface area contributed by atoms with E-state index in [1.165, 1.54) is 5.56 Å². The monoisotopic (exact) mass is 500 g/mol. The van der Waals surface area contributed by atoms with Gasteiger partial charge >= 0.3 is 0 Å². The number of amides is 2. The lowest BCUT2D eigenvalue weighted by atomic mass is 9.86. The van der Waals surface area contributed by atoms with E-state index in [1.54, 1.807) is 4.90 Å². The first-order chi connectivity index (χ1) is 15.0. The lowest BCUT2D eigenvalue weighted by molar-refractivity contribution is -0.140. The van der Waals surface area contributed by atoms with Gasteiger partial charge < -0.3 is 10.2 Å². The number of carbonyl (C=O) groups is 2. The molecular formula is C27H37BrN2O2. The summed E-state index contributed by atoms with van der Waals surface area (Å²) in [6.45, 7) is 12.8. The van der Waals surface area contributed by atoms with Crippen molar-refractivity contribution in [2.45, 2.75) is 84.8 Å². The van der Waals surface area contributed by atoms with Gasteiger partial charge in [-0.2, -0.15) is 0 Å². The second-order valence-corrected chi connectivity index (χ2v) is 10.5. The van der Waals surface area contributed by atoms with Crippen molar-refractivity contribution in [3.63, 3.8) is 0 Å². The van der Waals surface area contributed by atoms with Gasteiger partial charge in [0, 0.05) is 23.5 Å². The fourth-order valence-corrected chi connectivity index (χ4v) is 3.67. The van der Waals surface area contributed by atoms with Crippen LogP contribution in [0.3, 0.4) is 0 Å². The lowest BCUT2D eigenvalue weighted by Gasteiger charge is -2.30. The van der Waals surface area contributed by atoms with E-state index in [4.69, 9.17) is 0 Å². The molecule has 0 aliphatic heterocycles. The molecule has 5 heteroatoms. The molecule has 2 rings (SSSR count). The summed E-state index contributed by atoms with van der Waals surface area (Å²) in [5.41, 5.74) is 3.51. The van der Waals surface area contributed by atoms with E-state index in [-0.39, 0.29) is 23.3 Å². The average Bonchev–Trinajstić information content (AvgIpc) is 2.76. The molecule has 0 saturated carbocycles. The highest BCUT2D eigenvalue weighted by Crippen LogP contribution is 2.23. The molecule has 0 bridgehead atoms. The summed E-state index contributed by atoms with van der Waals surface area (Å²) in [6.07, 6.45) is 1.87. The van der Waals surface area contributed by atoms with Gasteiger partial charge in [-0.15, -0.1) is 0 Å². The van der Waals surface area contributed by atoms with E-state index < -0.39 is 6.04 Å². The lowest BCUT2D eigenvalue weighted by Crippen LogP contribution is -2.49. The summed E-state index contributed by atoms with van der Waals surface area (Å²) in [5.74, 6) is -0.126. The minimum Gasteiger partial charge on any atom is -0.352 e. The molecule has 0 unspecified atom stereocenters. The molecule has 2 aromatic carbocycles. The van der Waals surface area contributed by atoms with Gasteiger partial charge in [0.15, 0.2) is 0 Å². The van der Waals surface area contributed by atoms with Gasteiger partial charge in [-0.05, 0) is 60.9 Å². The van der Waals surface area contributed by atoms with Crippen LogP contribution in [-0.4, -0.2) is 28.8 Å². The molecule has 4 nitrogen and oxygen atoms in total. The predicted molar refractivity (Wildman–Crippen MR) is 136 cm³/mol. The van der Waals surface area contributed by atoms with Gasteiger partial charge in [-0.1, -0.05) is 80.0 Å². The van der Waals surface area contributed by atoms with Gasteiger partial charge in [-0.3, -0.25) is 9.59 Å². The van der Waals surface area contributed by atoms with Crippen LogP contribution in [0.2, 0.25) is 0 Å². The Morgan fingerprint density at radius 3 is 2.06 bits per heavy atom. The molecule has 174 valence electrons. The van der Waals surface area contributed by atoms with Crippen LogP contribution in [0.4, 0.5) is 0 Å². The molecule has 0 spiro atoms. The maximum absolute atomic E-state index is 13.3. The molecule has 1 N–H and O–H groups in total. The van der Waals surface area contributed by atoms with E-state index in [0.717, 1.165) is 22.0 Å². The molecular weight excluding hydrogens is 464 g/mol. The Morgan fingerprint density at radius 2 is 1.53 bits per heavy atom. The molecule has 2 atom stereocenters. The molecule has 0 aliphatic rings. The average molecular weight is 502 g/mol. The van der Waals surface area contributed by atoms with Crippen molar-refractivity contribution in [2.24, 2.45) is 0 Å². The first-order valence-corrected chi connectivity index (χ1v) is 12.2. The predicted octanol–water partition coefficient (Wildman–Crippen LogP) is 6.01. The molecule has 2 amide bonds. The zero-order valence-electron chi connectivity index (χ0n) is 20.2. The van der Waals surface area contributed by atoms with Gasteiger partial charge in [0.05, 0.1) is 0 Å². The Hall–Kier alpha value is -2.14. The number of rotatable bonds is 9.